The number of hydrogen-bond donors (Lipinski definition) is 0. The molecular formula is C13H22ClN3O2S. The Bertz CT molecular complexity index is 548. The van der Waals surface area contributed by atoms with Crippen molar-refractivity contribution in [1.29, 1.82) is 0 Å². The standard InChI is InChI=1S/C13H22ClN3O2S/c1-11(2)13-15-12(20(14,18)19)10-17(13)9-8-16-6-4-3-5-7-16/h10-11H,3-9H2,1-2H3. The Morgan fingerprint density at radius 3 is 2.45 bits per heavy atom. The number of halogens is 1. The summed E-state index contributed by atoms with van der Waals surface area (Å²) >= 11 is 0. The van der Waals surface area contributed by atoms with Crippen molar-refractivity contribution in [1.82, 2.24) is 14.5 Å². The maximum Gasteiger partial charge on any atom is 0.280 e. The van der Waals surface area contributed by atoms with Gasteiger partial charge in [0.1, 0.15) is 5.82 Å². The normalized spacial score (nSPS) is 17.8. The van der Waals surface area contributed by atoms with Crippen molar-refractivity contribution < 1.29 is 8.42 Å². The summed E-state index contributed by atoms with van der Waals surface area (Å²) < 4.78 is 24.7. The Labute approximate surface area is 125 Å². The van der Waals surface area contributed by atoms with E-state index in [1.807, 2.05) is 18.4 Å². The highest BCUT2D eigenvalue weighted by Gasteiger charge is 2.20. The molecule has 7 heteroatoms. The van der Waals surface area contributed by atoms with Gasteiger partial charge < -0.3 is 9.47 Å². The Morgan fingerprint density at radius 1 is 1.25 bits per heavy atom. The van der Waals surface area contributed by atoms with Crippen LogP contribution in [0.3, 0.4) is 0 Å². The number of piperidine rings is 1. The maximum absolute atomic E-state index is 11.4. The van der Waals surface area contributed by atoms with Crippen molar-refractivity contribution in [2.24, 2.45) is 0 Å². The second-order valence-electron chi connectivity index (χ2n) is 5.63. The predicted molar refractivity (Wildman–Crippen MR) is 79.6 cm³/mol. The summed E-state index contributed by atoms with van der Waals surface area (Å²) in [4.78, 5) is 6.59. The van der Waals surface area contributed by atoms with Crippen LogP contribution in [-0.4, -0.2) is 42.5 Å². The molecule has 114 valence electrons. The Balaban J connectivity index is 2.11. The monoisotopic (exact) mass is 319 g/mol. The molecule has 0 bridgehead atoms. The number of likely N-dealkylation sites (tertiary alicyclic amines) is 1. The first kappa shape index (κ1) is 15.8. The third kappa shape index (κ3) is 3.96. The van der Waals surface area contributed by atoms with Gasteiger partial charge in [-0.15, -0.1) is 0 Å². The quantitative estimate of drug-likeness (QED) is 0.782. The zero-order valence-electron chi connectivity index (χ0n) is 12.0. The first-order valence-electron chi connectivity index (χ1n) is 7.12. The molecule has 0 amide bonds. The molecule has 1 fully saturated rings. The van der Waals surface area contributed by atoms with Crippen molar-refractivity contribution >= 4 is 19.7 Å². The molecule has 0 N–H and O–H groups in total. The van der Waals surface area contributed by atoms with Gasteiger partial charge in [0.05, 0.1) is 0 Å². The van der Waals surface area contributed by atoms with Crippen LogP contribution in [0.4, 0.5) is 0 Å². The van der Waals surface area contributed by atoms with E-state index in [9.17, 15) is 8.42 Å². The molecule has 1 aliphatic heterocycles. The van der Waals surface area contributed by atoms with Gasteiger partial charge in [-0.25, -0.2) is 13.4 Å². The average molecular weight is 320 g/mol. The third-order valence-corrected chi connectivity index (χ3v) is 4.83. The fraction of sp³-hybridized carbons (Fsp3) is 0.769. The smallest absolute Gasteiger partial charge is 0.280 e. The van der Waals surface area contributed by atoms with Crippen LogP contribution in [0.5, 0.6) is 0 Å². The van der Waals surface area contributed by atoms with Crippen molar-refractivity contribution in [3.05, 3.63) is 12.0 Å². The van der Waals surface area contributed by atoms with Crippen LogP contribution in [0.1, 0.15) is 44.9 Å². The van der Waals surface area contributed by atoms with E-state index < -0.39 is 9.05 Å². The molecule has 1 aromatic heterocycles. The Kier molecular flexibility index (Phi) is 5.09. The summed E-state index contributed by atoms with van der Waals surface area (Å²) in [6, 6.07) is 0. The van der Waals surface area contributed by atoms with Crippen LogP contribution in [0.15, 0.2) is 11.2 Å². The molecule has 0 aromatic carbocycles. The molecule has 0 aliphatic carbocycles. The topological polar surface area (TPSA) is 55.2 Å². The minimum Gasteiger partial charge on any atom is -0.332 e. The van der Waals surface area contributed by atoms with Gasteiger partial charge in [0, 0.05) is 35.9 Å². The second kappa shape index (κ2) is 6.45. The van der Waals surface area contributed by atoms with Gasteiger partial charge in [-0.05, 0) is 25.9 Å². The van der Waals surface area contributed by atoms with Crippen LogP contribution in [0.2, 0.25) is 0 Å². The Hall–Kier alpha value is -0.590. The van der Waals surface area contributed by atoms with Crippen molar-refractivity contribution in [2.75, 3.05) is 19.6 Å². The van der Waals surface area contributed by atoms with E-state index in [1.165, 1.54) is 19.3 Å². The van der Waals surface area contributed by atoms with Crippen molar-refractivity contribution in [3.63, 3.8) is 0 Å². The summed E-state index contributed by atoms with van der Waals surface area (Å²) in [5.74, 6) is 0.949. The van der Waals surface area contributed by atoms with E-state index in [1.54, 1.807) is 6.20 Å². The largest absolute Gasteiger partial charge is 0.332 e. The van der Waals surface area contributed by atoms with Gasteiger partial charge in [-0.2, -0.15) is 0 Å². The van der Waals surface area contributed by atoms with E-state index in [-0.39, 0.29) is 10.9 Å². The van der Waals surface area contributed by atoms with E-state index in [2.05, 4.69) is 9.88 Å². The molecule has 5 nitrogen and oxygen atoms in total. The summed E-state index contributed by atoms with van der Waals surface area (Å²) in [6.45, 7) is 7.96. The number of hydrogen-bond acceptors (Lipinski definition) is 4. The van der Waals surface area contributed by atoms with E-state index >= 15 is 0 Å². The molecule has 0 radical (unpaired) electrons. The van der Waals surface area contributed by atoms with Gasteiger partial charge in [0.2, 0.25) is 0 Å². The fourth-order valence-corrected chi connectivity index (χ4v) is 3.27. The zero-order chi connectivity index (χ0) is 14.8. The second-order valence-corrected chi connectivity index (χ2v) is 8.14. The summed E-state index contributed by atoms with van der Waals surface area (Å²) in [6.07, 6.45) is 5.37. The minimum atomic E-state index is -3.75. The van der Waals surface area contributed by atoms with Crippen LogP contribution in [-0.2, 0) is 15.6 Å². The molecule has 1 aromatic rings. The van der Waals surface area contributed by atoms with Gasteiger partial charge in [0.25, 0.3) is 9.05 Å². The van der Waals surface area contributed by atoms with Crippen LogP contribution in [0.25, 0.3) is 0 Å². The van der Waals surface area contributed by atoms with Crippen LogP contribution < -0.4 is 0 Å². The zero-order valence-corrected chi connectivity index (χ0v) is 13.6. The molecule has 2 heterocycles. The minimum absolute atomic E-state index is 0.0403. The third-order valence-electron chi connectivity index (χ3n) is 3.66. The van der Waals surface area contributed by atoms with E-state index in [4.69, 9.17) is 10.7 Å². The highest BCUT2D eigenvalue weighted by atomic mass is 35.7. The highest BCUT2D eigenvalue weighted by molar-refractivity contribution is 8.13. The number of rotatable bonds is 5. The molecule has 0 saturated carbocycles. The summed E-state index contributed by atoms with van der Waals surface area (Å²) in [5.41, 5.74) is 0. The first-order chi connectivity index (χ1) is 9.38. The lowest BCUT2D eigenvalue weighted by molar-refractivity contribution is 0.220. The van der Waals surface area contributed by atoms with Crippen LogP contribution in [0, 0.1) is 0 Å². The fourth-order valence-electron chi connectivity index (χ4n) is 2.59. The van der Waals surface area contributed by atoms with Crippen LogP contribution >= 0.6 is 10.7 Å². The summed E-state index contributed by atoms with van der Waals surface area (Å²) in [7, 11) is 1.63. The summed E-state index contributed by atoms with van der Waals surface area (Å²) in [5, 5.41) is -0.0403. The molecule has 0 atom stereocenters. The molecule has 1 aliphatic rings. The SMILES string of the molecule is CC(C)c1nc(S(=O)(=O)Cl)cn1CCN1CCCCC1. The number of aromatic nitrogens is 2. The Morgan fingerprint density at radius 2 is 1.90 bits per heavy atom. The van der Waals surface area contributed by atoms with Gasteiger partial charge in [0.15, 0.2) is 5.03 Å². The number of imidazole rings is 1. The average Bonchev–Trinajstić information content (AvgIpc) is 2.82. The van der Waals surface area contributed by atoms with E-state index in [0.717, 1.165) is 32.0 Å². The van der Waals surface area contributed by atoms with Gasteiger partial charge >= 0.3 is 0 Å². The lowest BCUT2D eigenvalue weighted by Crippen LogP contribution is -2.32. The first-order valence-corrected chi connectivity index (χ1v) is 9.43. The lowest BCUT2D eigenvalue weighted by atomic mass is 10.1. The highest BCUT2D eigenvalue weighted by Crippen LogP contribution is 2.20. The molecule has 20 heavy (non-hydrogen) atoms. The maximum atomic E-state index is 11.4. The lowest BCUT2D eigenvalue weighted by Gasteiger charge is -2.26. The molecule has 0 spiro atoms. The van der Waals surface area contributed by atoms with Crippen molar-refractivity contribution in [2.45, 2.75) is 50.6 Å². The molecular weight excluding hydrogens is 298 g/mol. The molecule has 2 rings (SSSR count). The van der Waals surface area contributed by atoms with Gasteiger partial charge in [-0.1, -0.05) is 20.3 Å². The molecule has 0 unspecified atom stereocenters. The van der Waals surface area contributed by atoms with E-state index in [0.29, 0.717) is 0 Å². The predicted octanol–water partition coefficient (Wildman–Crippen LogP) is 2.42. The van der Waals surface area contributed by atoms with Gasteiger partial charge in [-0.3, -0.25) is 0 Å². The number of nitrogens with zero attached hydrogens (tertiary/aromatic N) is 3. The van der Waals surface area contributed by atoms with Crippen molar-refractivity contribution in [3.8, 4) is 0 Å². The molecule has 1 saturated heterocycles.